The number of halogens is 1. The highest BCUT2D eigenvalue weighted by molar-refractivity contribution is 7.17. The molecule has 0 unspecified atom stereocenters. The molecule has 5 heteroatoms. The molecule has 0 radical (unpaired) electrons. The number of benzene rings is 1. The number of hydrogen-bond acceptors (Lipinski definition) is 4. The molecule has 0 amide bonds. The van der Waals surface area contributed by atoms with Crippen molar-refractivity contribution in [1.82, 2.24) is 4.90 Å². The van der Waals surface area contributed by atoms with Crippen LogP contribution in [0.15, 0.2) is 29.6 Å². The van der Waals surface area contributed by atoms with E-state index < -0.39 is 0 Å². The fourth-order valence-corrected chi connectivity index (χ4v) is 3.62. The number of ether oxygens (including phenoxy) is 1. The van der Waals surface area contributed by atoms with E-state index in [-0.39, 0.29) is 18.5 Å². The van der Waals surface area contributed by atoms with E-state index in [4.69, 9.17) is 4.74 Å². The zero-order valence-corrected chi connectivity index (χ0v) is 13.7. The zero-order valence-electron chi connectivity index (χ0n) is 12.0. The number of likely N-dealkylation sites (tertiary alicyclic amines) is 1. The molecule has 0 bridgehead atoms. The third-order valence-electron chi connectivity index (χ3n) is 3.78. The Balaban J connectivity index is 0.00000161. The lowest BCUT2D eigenvalue weighted by molar-refractivity contribution is -0.00304. The molecular formula is C16H22ClNO2S. The van der Waals surface area contributed by atoms with E-state index >= 15 is 0 Å². The predicted octanol–water partition coefficient (Wildman–Crippen LogP) is 2.95. The van der Waals surface area contributed by atoms with E-state index in [0.717, 1.165) is 45.7 Å². The highest BCUT2D eigenvalue weighted by Crippen LogP contribution is 2.25. The van der Waals surface area contributed by atoms with E-state index in [1.807, 2.05) is 11.3 Å². The normalized spacial score (nSPS) is 15.9. The summed E-state index contributed by atoms with van der Waals surface area (Å²) in [5.74, 6) is 0. The van der Waals surface area contributed by atoms with Gasteiger partial charge in [-0.3, -0.25) is 4.90 Å². The van der Waals surface area contributed by atoms with Crippen molar-refractivity contribution in [1.29, 1.82) is 0 Å². The standard InChI is InChI=1S/C16H21NO2S.ClH/c18-14-10-17(11-14)7-3-8-19-9-6-13-12-20-16-5-2-1-4-15(13)16;/h1-2,4-5,12,14,18H,3,6-11H2;1H. The monoisotopic (exact) mass is 327 g/mol. The summed E-state index contributed by atoms with van der Waals surface area (Å²) in [6.45, 7) is 4.32. The number of hydrogen-bond donors (Lipinski definition) is 1. The van der Waals surface area contributed by atoms with Crippen molar-refractivity contribution in [3.63, 3.8) is 0 Å². The van der Waals surface area contributed by atoms with Gasteiger partial charge >= 0.3 is 0 Å². The quantitative estimate of drug-likeness (QED) is 0.794. The lowest BCUT2D eigenvalue weighted by atomic mass is 10.1. The van der Waals surface area contributed by atoms with Gasteiger partial charge in [-0.05, 0) is 35.2 Å². The summed E-state index contributed by atoms with van der Waals surface area (Å²) in [5.41, 5.74) is 1.40. The SMILES string of the molecule is Cl.OC1CN(CCCOCCc2csc3ccccc23)C1. The molecule has 3 nitrogen and oxygen atoms in total. The summed E-state index contributed by atoms with van der Waals surface area (Å²) in [7, 11) is 0. The van der Waals surface area contributed by atoms with Crippen molar-refractivity contribution in [2.24, 2.45) is 0 Å². The van der Waals surface area contributed by atoms with Gasteiger partial charge in [0, 0.05) is 30.9 Å². The van der Waals surface area contributed by atoms with Gasteiger partial charge in [-0.25, -0.2) is 0 Å². The number of fused-ring (bicyclic) bond motifs is 1. The average Bonchev–Trinajstić information content (AvgIpc) is 2.84. The van der Waals surface area contributed by atoms with Crippen LogP contribution in [0.4, 0.5) is 0 Å². The number of rotatable bonds is 7. The Morgan fingerprint density at radius 3 is 2.86 bits per heavy atom. The van der Waals surface area contributed by atoms with Gasteiger partial charge in [-0.15, -0.1) is 23.7 Å². The van der Waals surface area contributed by atoms with Crippen LogP contribution in [0.3, 0.4) is 0 Å². The number of nitrogens with zero attached hydrogens (tertiary/aromatic N) is 1. The maximum Gasteiger partial charge on any atom is 0.0793 e. The maximum atomic E-state index is 9.18. The fraction of sp³-hybridized carbons (Fsp3) is 0.500. The molecule has 1 fully saturated rings. The third-order valence-corrected chi connectivity index (χ3v) is 4.79. The second-order valence-electron chi connectivity index (χ2n) is 5.39. The molecule has 3 rings (SSSR count). The smallest absolute Gasteiger partial charge is 0.0793 e. The molecule has 1 aliphatic heterocycles. The van der Waals surface area contributed by atoms with E-state index in [2.05, 4.69) is 34.5 Å². The Morgan fingerprint density at radius 2 is 2.05 bits per heavy atom. The van der Waals surface area contributed by atoms with Gasteiger partial charge < -0.3 is 9.84 Å². The van der Waals surface area contributed by atoms with Crippen LogP contribution >= 0.6 is 23.7 Å². The van der Waals surface area contributed by atoms with Crippen LogP contribution in [0.1, 0.15) is 12.0 Å². The highest BCUT2D eigenvalue weighted by Gasteiger charge is 2.22. The lowest BCUT2D eigenvalue weighted by Gasteiger charge is -2.35. The van der Waals surface area contributed by atoms with Gasteiger partial charge in [0.25, 0.3) is 0 Å². The summed E-state index contributed by atoms with van der Waals surface area (Å²) >= 11 is 1.81. The number of β-amino-alcohol motifs (C(OH)–C–C–N with tert-alkyl or cyclic N) is 1. The average molecular weight is 328 g/mol. The Labute approximate surface area is 135 Å². The minimum absolute atomic E-state index is 0. The predicted molar refractivity (Wildman–Crippen MR) is 90.7 cm³/mol. The minimum Gasteiger partial charge on any atom is -0.390 e. The largest absolute Gasteiger partial charge is 0.390 e. The Hall–Kier alpha value is -0.650. The van der Waals surface area contributed by atoms with Crippen LogP contribution in [0, 0.1) is 0 Å². The van der Waals surface area contributed by atoms with Crippen LogP contribution in [0.25, 0.3) is 10.1 Å². The fourth-order valence-electron chi connectivity index (χ4n) is 2.63. The molecule has 2 aromatic rings. The molecule has 1 saturated heterocycles. The molecule has 0 saturated carbocycles. The number of thiophene rings is 1. The van der Waals surface area contributed by atoms with E-state index in [1.54, 1.807) is 0 Å². The number of aliphatic hydroxyl groups is 1. The Kier molecular flexibility index (Phi) is 6.45. The molecule has 21 heavy (non-hydrogen) atoms. The second kappa shape index (κ2) is 8.11. The Morgan fingerprint density at radius 1 is 1.24 bits per heavy atom. The van der Waals surface area contributed by atoms with Gasteiger partial charge in [0.15, 0.2) is 0 Å². The number of aliphatic hydroxyl groups excluding tert-OH is 1. The first kappa shape index (κ1) is 16.7. The van der Waals surface area contributed by atoms with Crippen molar-refractivity contribution in [2.45, 2.75) is 18.9 Å². The minimum atomic E-state index is -0.0946. The van der Waals surface area contributed by atoms with E-state index in [0.29, 0.717) is 0 Å². The van der Waals surface area contributed by atoms with Crippen LogP contribution in [0.2, 0.25) is 0 Å². The first-order chi connectivity index (χ1) is 9.83. The van der Waals surface area contributed by atoms with Gasteiger partial charge in [0.2, 0.25) is 0 Å². The highest BCUT2D eigenvalue weighted by atomic mass is 35.5. The van der Waals surface area contributed by atoms with Crippen molar-refractivity contribution in [3.8, 4) is 0 Å². The summed E-state index contributed by atoms with van der Waals surface area (Å²) in [5, 5.41) is 12.8. The topological polar surface area (TPSA) is 32.7 Å². The van der Waals surface area contributed by atoms with Gasteiger partial charge in [-0.1, -0.05) is 18.2 Å². The van der Waals surface area contributed by atoms with Crippen molar-refractivity contribution >= 4 is 33.8 Å². The summed E-state index contributed by atoms with van der Waals surface area (Å²) in [4.78, 5) is 2.26. The summed E-state index contributed by atoms with van der Waals surface area (Å²) in [6.07, 6.45) is 1.95. The third kappa shape index (κ3) is 4.41. The van der Waals surface area contributed by atoms with Crippen LogP contribution in [-0.4, -0.2) is 49.0 Å². The van der Waals surface area contributed by atoms with Crippen molar-refractivity contribution in [3.05, 3.63) is 35.2 Å². The van der Waals surface area contributed by atoms with Gasteiger partial charge in [0.1, 0.15) is 0 Å². The molecule has 2 heterocycles. The Bertz CT molecular complexity index is 554. The van der Waals surface area contributed by atoms with Gasteiger partial charge in [-0.2, -0.15) is 0 Å². The van der Waals surface area contributed by atoms with Crippen molar-refractivity contribution in [2.75, 3.05) is 32.8 Å². The van der Waals surface area contributed by atoms with Crippen molar-refractivity contribution < 1.29 is 9.84 Å². The molecule has 116 valence electrons. The zero-order chi connectivity index (χ0) is 13.8. The molecule has 1 aromatic heterocycles. The molecular weight excluding hydrogens is 306 g/mol. The first-order valence-corrected chi connectivity index (χ1v) is 8.14. The molecule has 0 aliphatic carbocycles. The first-order valence-electron chi connectivity index (χ1n) is 7.26. The van der Waals surface area contributed by atoms with Crippen LogP contribution < -0.4 is 0 Å². The summed E-state index contributed by atoms with van der Waals surface area (Å²) < 4.78 is 7.08. The van der Waals surface area contributed by atoms with Crippen LogP contribution in [0.5, 0.6) is 0 Å². The molecule has 0 spiro atoms. The van der Waals surface area contributed by atoms with Crippen LogP contribution in [-0.2, 0) is 11.2 Å². The second-order valence-corrected chi connectivity index (χ2v) is 6.30. The summed E-state index contributed by atoms with van der Waals surface area (Å²) in [6, 6.07) is 8.55. The van der Waals surface area contributed by atoms with E-state index in [1.165, 1.54) is 15.6 Å². The lowest BCUT2D eigenvalue weighted by Crippen LogP contribution is -2.50. The molecule has 1 aliphatic rings. The maximum absolute atomic E-state index is 9.18. The van der Waals surface area contributed by atoms with Gasteiger partial charge in [0.05, 0.1) is 12.7 Å². The van der Waals surface area contributed by atoms with E-state index in [9.17, 15) is 5.11 Å². The molecule has 1 N–H and O–H groups in total. The molecule has 0 atom stereocenters. The molecule has 1 aromatic carbocycles.